The monoisotopic (exact) mass is 227 g/mol. The van der Waals surface area contributed by atoms with Crippen LogP contribution in [0.5, 0.6) is 0 Å². The number of nitrogens with one attached hydrogen (secondary N) is 1. The van der Waals surface area contributed by atoms with Crippen molar-refractivity contribution in [3.8, 4) is 0 Å². The van der Waals surface area contributed by atoms with E-state index >= 15 is 0 Å². The topological polar surface area (TPSA) is 41.6 Å². The van der Waals surface area contributed by atoms with Crippen molar-refractivity contribution >= 4 is 23.2 Å². The second kappa shape index (κ2) is 3.59. The number of aromatic amines is 1. The van der Waals surface area contributed by atoms with Crippen LogP contribution in [0.4, 0.5) is 0 Å². The van der Waals surface area contributed by atoms with E-state index in [9.17, 15) is 0 Å². The van der Waals surface area contributed by atoms with Crippen molar-refractivity contribution in [3.05, 3.63) is 47.8 Å². The zero-order valence-electron chi connectivity index (χ0n) is 7.11. The number of H-pyrrole nitrogens is 1. The minimum absolute atomic E-state index is 0.493. The first kappa shape index (κ1) is 9.49. The predicted molar refractivity (Wildman–Crippen MR) is 55.3 cm³/mol. The van der Waals surface area contributed by atoms with Crippen LogP contribution in [0.3, 0.4) is 0 Å². The Morgan fingerprint density at radius 1 is 1.14 bits per heavy atom. The highest BCUT2D eigenvalue weighted by atomic mass is 35.5. The predicted octanol–water partition coefficient (Wildman–Crippen LogP) is 2.48. The minimum Gasteiger partial charge on any atom is -0.198 e. The summed E-state index contributed by atoms with van der Waals surface area (Å²) in [6, 6.07) is 9.32. The molecule has 0 atom stereocenters. The Balaban J connectivity index is 2.43. The molecule has 3 nitrogen and oxygen atoms in total. The third-order valence-electron chi connectivity index (χ3n) is 1.87. The quantitative estimate of drug-likeness (QED) is 0.802. The van der Waals surface area contributed by atoms with Crippen molar-refractivity contribution in [1.82, 2.24) is 15.4 Å². The van der Waals surface area contributed by atoms with Gasteiger partial charge in [-0.1, -0.05) is 53.5 Å². The van der Waals surface area contributed by atoms with Crippen LogP contribution in [0.15, 0.2) is 36.5 Å². The molecule has 72 valence electrons. The number of benzene rings is 1. The van der Waals surface area contributed by atoms with Gasteiger partial charge in [0, 0.05) is 0 Å². The SMILES string of the molecule is ClC(Cl)(c1ccccc1)c1cn[nH]n1. The lowest BCUT2D eigenvalue weighted by Gasteiger charge is -2.16. The van der Waals surface area contributed by atoms with E-state index in [2.05, 4.69) is 15.4 Å². The van der Waals surface area contributed by atoms with Gasteiger partial charge in [-0.2, -0.15) is 15.4 Å². The maximum absolute atomic E-state index is 6.17. The maximum atomic E-state index is 6.17. The summed E-state index contributed by atoms with van der Waals surface area (Å²) in [6.07, 6.45) is 1.51. The van der Waals surface area contributed by atoms with E-state index in [0.717, 1.165) is 5.56 Å². The van der Waals surface area contributed by atoms with E-state index in [1.54, 1.807) is 0 Å². The molecule has 0 amide bonds. The van der Waals surface area contributed by atoms with Crippen LogP contribution in [0.2, 0.25) is 0 Å². The summed E-state index contributed by atoms with van der Waals surface area (Å²) in [5.41, 5.74) is 1.27. The molecule has 1 heterocycles. The lowest BCUT2D eigenvalue weighted by Crippen LogP contribution is -2.12. The maximum Gasteiger partial charge on any atom is 0.188 e. The van der Waals surface area contributed by atoms with E-state index in [1.165, 1.54) is 6.20 Å². The molecule has 0 spiro atoms. The number of hydrogen-bond acceptors (Lipinski definition) is 2. The van der Waals surface area contributed by atoms with Gasteiger partial charge < -0.3 is 0 Å². The first-order valence-electron chi connectivity index (χ1n) is 4.01. The van der Waals surface area contributed by atoms with Gasteiger partial charge in [0.05, 0.1) is 6.20 Å². The molecule has 0 saturated heterocycles. The van der Waals surface area contributed by atoms with E-state index in [0.29, 0.717) is 5.69 Å². The first-order valence-corrected chi connectivity index (χ1v) is 4.76. The van der Waals surface area contributed by atoms with Crippen molar-refractivity contribution in [3.63, 3.8) is 0 Å². The lowest BCUT2D eigenvalue weighted by molar-refractivity contribution is 0.886. The number of aromatic nitrogens is 3. The number of halogens is 2. The fraction of sp³-hybridized carbons (Fsp3) is 0.111. The number of nitrogens with zero attached hydrogens (tertiary/aromatic N) is 2. The van der Waals surface area contributed by atoms with Gasteiger partial charge in [-0.05, 0) is 5.56 Å². The molecule has 0 aliphatic rings. The van der Waals surface area contributed by atoms with Gasteiger partial charge in [-0.15, -0.1) is 0 Å². The van der Waals surface area contributed by atoms with Gasteiger partial charge >= 0.3 is 0 Å². The summed E-state index contributed by atoms with van der Waals surface area (Å²) in [7, 11) is 0. The molecule has 0 bridgehead atoms. The van der Waals surface area contributed by atoms with Gasteiger partial charge in [-0.25, -0.2) is 0 Å². The molecule has 0 radical (unpaired) electrons. The Labute approximate surface area is 91.0 Å². The normalized spacial score (nSPS) is 11.6. The number of alkyl halides is 2. The Kier molecular flexibility index (Phi) is 2.44. The molecule has 1 N–H and O–H groups in total. The Morgan fingerprint density at radius 3 is 2.43 bits per heavy atom. The summed E-state index contributed by atoms with van der Waals surface area (Å²) in [5, 5.41) is 10.0. The van der Waals surface area contributed by atoms with Crippen molar-refractivity contribution in [2.24, 2.45) is 0 Å². The summed E-state index contributed by atoms with van der Waals surface area (Å²) in [6.45, 7) is 0. The highest BCUT2D eigenvalue weighted by Crippen LogP contribution is 2.38. The Hall–Kier alpha value is -1.06. The minimum atomic E-state index is -1.14. The molecule has 0 aliphatic heterocycles. The molecule has 2 rings (SSSR count). The van der Waals surface area contributed by atoms with Crippen LogP contribution < -0.4 is 0 Å². The van der Waals surface area contributed by atoms with E-state index in [1.807, 2.05) is 30.3 Å². The molecule has 0 aliphatic carbocycles. The largest absolute Gasteiger partial charge is 0.198 e. The second-order valence-corrected chi connectivity index (χ2v) is 4.12. The van der Waals surface area contributed by atoms with Gasteiger partial charge in [-0.3, -0.25) is 0 Å². The molecule has 5 heteroatoms. The average Bonchev–Trinajstić information content (AvgIpc) is 2.72. The van der Waals surface area contributed by atoms with Crippen molar-refractivity contribution in [1.29, 1.82) is 0 Å². The van der Waals surface area contributed by atoms with Gasteiger partial charge in [0.25, 0.3) is 0 Å². The molecular weight excluding hydrogens is 221 g/mol. The highest BCUT2D eigenvalue weighted by molar-refractivity contribution is 6.49. The second-order valence-electron chi connectivity index (χ2n) is 2.80. The molecular formula is C9H7Cl2N3. The summed E-state index contributed by atoms with van der Waals surface area (Å²) in [5.74, 6) is 0. The third kappa shape index (κ3) is 1.61. The molecule has 0 fully saturated rings. The van der Waals surface area contributed by atoms with E-state index in [-0.39, 0.29) is 0 Å². The van der Waals surface area contributed by atoms with Crippen molar-refractivity contribution in [2.75, 3.05) is 0 Å². The fourth-order valence-corrected chi connectivity index (χ4v) is 1.58. The fourth-order valence-electron chi connectivity index (χ4n) is 1.15. The average molecular weight is 228 g/mol. The smallest absolute Gasteiger partial charge is 0.188 e. The van der Waals surface area contributed by atoms with Gasteiger partial charge in [0.2, 0.25) is 0 Å². The van der Waals surface area contributed by atoms with Crippen LogP contribution >= 0.6 is 23.2 Å². The van der Waals surface area contributed by atoms with Crippen LogP contribution in [0.25, 0.3) is 0 Å². The Bertz CT molecular complexity index is 397. The summed E-state index contributed by atoms with van der Waals surface area (Å²) < 4.78 is -1.14. The number of hydrogen-bond donors (Lipinski definition) is 1. The first-order chi connectivity index (χ1) is 6.71. The standard InChI is InChI=1S/C9H7Cl2N3/c10-9(11,8-6-12-14-13-8)7-4-2-1-3-5-7/h1-6H,(H,12,13,14). The molecule has 0 unspecified atom stereocenters. The van der Waals surface area contributed by atoms with Gasteiger partial charge in [0.1, 0.15) is 5.69 Å². The zero-order chi connectivity index (χ0) is 10.0. The molecule has 14 heavy (non-hydrogen) atoms. The third-order valence-corrected chi connectivity index (χ3v) is 2.70. The highest BCUT2D eigenvalue weighted by Gasteiger charge is 2.31. The van der Waals surface area contributed by atoms with E-state index < -0.39 is 4.33 Å². The number of rotatable bonds is 2. The van der Waals surface area contributed by atoms with Crippen LogP contribution in [-0.4, -0.2) is 15.4 Å². The lowest BCUT2D eigenvalue weighted by atomic mass is 10.1. The van der Waals surface area contributed by atoms with E-state index in [4.69, 9.17) is 23.2 Å². The summed E-state index contributed by atoms with van der Waals surface area (Å²) >= 11 is 12.3. The molecule has 1 aromatic heterocycles. The molecule has 2 aromatic rings. The van der Waals surface area contributed by atoms with Crippen LogP contribution in [0, 0.1) is 0 Å². The summed E-state index contributed by atoms with van der Waals surface area (Å²) in [4.78, 5) is 0. The van der Waals surface area contributed by atoms with Gasteiger partial charge in [0.15, 0.2) is 4.33 Å². The zero-order valence-corrected chi connectivity index (χ0v) is 8.63. The van der Waals surface area contributed by atoms with Crippen molar-refractivity contribution < 1.29 is 0 Å². The Morgan fingerprint density at radius 2 is 1.86 bits per heavy atom. The molecule has 1 aromatic carbocycles. The van der Waals surface area contributed by atoms with Crippen LogP contribution in [-0.2, 0) is 4.33 Å². The van der Waals surface area contributed by atoms with Crippen LogP contribution in [0.1, 0.15) is 11.3 Å². The molecule has 0 saturated carbocycles. The van der Waals surface area contributed by atoms with Crippen molar-refractivity contribution in [2.45, 2.75) is 4.33 Å².